The van der Waals surface area contributed by atoms with E-state index in [1.165, 1.54) is 6.42 Å². The predicted octanol–water partition coefficient (Wildman–Crippen LogP) is 2.60. The number of benzene rings is 1. The number of likely N-dealkylation sites (tertiary alicyclic amines) is 1. The number of sulfonamides is 1. The molecule has 4 rings (SSSR count). The van der Waals surface area contributed by atoms with Gasteiger partial charge in [-0.05, 0) is 70.0 Å². The van der Waals surface area contributed by atoms with Crippen LogP contribution in [0.1, 0.15) is 51.0 Å². The highest BCUT2D eigenvalue weighted by molar-refractivity contribution is 7.89. The van der Waals surface area contributed by atoms with Gasteiger partial charge in [0.2, 0.25) is 15.9 Å². The van der Waals surface area contributed by atoms with Crippen LogP contribution in [-0.4, -0.2) is 55.2 Å². The Balaban J connectivity index is 1.67. The fourth-order valence-electron chi connectivity index (χ4n) is 4.93. The molecule has 27 heavy (non-hydrogen) atoms. The highest BCUT2D eigenvalue weighted by atomic mass is 32.2. The summed E-state index contributed by atoms with van der Waals surface area (Å²) in [5, 5.41) is 2.83. The maximum absolute atomic E-state index is 13.5. The Morgan fingerprint density at radius 1 is 1.15 bits per heavy atom. The van der Waals surface area contributed by atoms with E-state index in [0.717, 1.165) is 43.5 Å². The van der Waals surface area contributed by atoms with Crippen LogP contribution in [0, 0.1) is 0 Å². The van der Waals surface area contributed by atoms with Crippen LogP contribution in [0.25, 0.3) is 0 Å². The number of fused-ring (bicyclic) bond motifs is 2. The minimum atomic E-state index is -3.55. The quantitative estimate of drug-likeness (QED) is 0.841. The molecule has 0 unspecified atom stereocenters. The van der Waals surface area contributed by atoms with E-state index >= 15 is 0 Å². The van der Waals surface area contributed by atoms with E-state index in [9.17, 15) is 13.2 Å². The number of rotatable bonds is 2. The fourth-order valence-corrected chi connectivity index (χ4v) is 6.73. The number of hydrogen-bond donors (Lipinski definition) is 1. The third kappa shape index (κ3) is 3.19. The van der Waals surface area contributed by atoms with Crippen molar-refractivity contribution in [3.8, 4) is 0 Å². The first kappa shape index (κ1) is 18.9. The average Bonchev–Trinajstić information content (AvgIpc) is 2.97. The number of likely N-dealkylation sites (N-methyl/N-ethyl adjacent to an activating group) is 1. The summed E-state index contributed by atoms with van der Waals surface area (Å²) in [5.41, 5.74) is 1.55. The predicted molar refractivity (Wildman–Crippen MR) is 105 cm³/mol. The molecule has 0 aromatic heterocycles. The maximum Gasteiger partial charge on any atom is 0.243 e. The zero-order valence-electron chi connectivity index (χ0n) is 16.2. The molecule has 0 aliphatic carbocycles. The number of nitrogens with zero attached hydrogens (tertiary/aromatic N) is 2. The average molecular weight is 392 g/mol. The molecule has 0 saturated carbocycles. The summed E-state index contributed by atoms with van der Waals surface area (Å²) in [7, 11) is -1.42. The van der Waals surface area contributed by atoms with Crippen molar-refractivity contribution in [2.45, 2.75) is 68.3 Å². The van der Waals surface area contributed by atoms with Gasteiger partial charge in [-0.3, -0.25) is 9.69 Å². The lowest BCUT2D eigenvalue weighted by Gasteiger charge is -2.43. The molecule has 2 fully saturated rings. The third-order valence-electron chi connectivity index (χ3n) is 6.83. The fraction of sp³-hybridized carbons (Fsp3) is 0.650. The van der Waals surface area contributed by atoms with Crippen LogP contribution in [0.3, 0.4) is 0 Å². The summed E-state index contributed by atoms with van der Waals surface area (Å²) >= 11 is 0. The number of amides is 1. The summed E-state index contributed by atoms with van der Waals surface area (Å²) in [6.45, 7) is 3.82. The smallest absolute Gasteiger partial charge is 0.243 e. The molecule has 0 radical (unpaired) electrons. The van der Waals surface area contributed by atoms with Gasteiger partial charge in [0.25, 0.3) is 0 Å². The first-order chi connectivity index (χ1) is 12.8. The number of carbonyl (C=O) groups is 1. The monoisotopic (exact) mass is 391 g/mol. The lowest BCUT2D eigenvalue weighted by molar-refractivity contribution is -0.116. The first-order valence-electron chi connectivity index (χ1n) is 9.98. The second-order valence-electron chi connectivity index (χ2n) is 8.38. The Hall–Kier alpha value is -1.44. The van der Waals surface area contributed by atoms with Crippen LogP contribution >= 0.6 is 0 Å². The van der Waals surface area contributed by atoms with E-state index in [1.54, 1.807) is 22.5 Å². The Bertz CT molecular complexity index is 854. The van der Waals surface area contributed by atoms with Gasteiger partial charge in [0.15, 0.2) is 0 Å². The standard InChI is InChI=1S/C20H29N3O3S/c1-20-11-13-23(18(20)6-4-3-5-12-22(20)2)27(25,26)16-8-9-17-15(14-16)7-10-19(24)21-17/h8-9,14,18H,3-7,10-13H2,1-2H3,(H,21,24)/t18-,20-/m0/s1. The lowest BCUT2D eigenvalue weighted by atomic mass is 9.86. The van der Waals surface area contributed by atoms with Crippen molar-refractivity contribution in [1.82, 2.24) is 9.21 Å². The van der Waals surface area contributed by atoms with E-state index in [1.807, 2.05) is 0 Å². The van der Waals surface area contributed by atoms with Gasteiger partial charge in [0.1, 0.15) is 0 Å². The van der Waals surface area contributed by atoms with Crippen LogP contribution in [-0.2, 0) is 21.2 Å². The topological polar surface area (TPSA) is 69.7 Å². The summed E-state index contributed by atoms with van der Waals surface area (Å²) in [5.74, 6) is -0.00836. The van der Waals surface area contributed by atoms with E-state index < -0.39 is 10.0 Å². The van der Waals surface area contributed by atoms with Crippen LogP contribution in [0.2, 0.25) is 0 Å². The van der Waals surface area contributed by atoms with Crippen LogP contribution in [0.4, 0.5) is 5.69 Å². The molecule has 1 amide bonds. The third-order valence-corrected chi connectivity index (χ3v) is 8.73. The van der Waals surface area contributed by atoms with Crippen LogP contribution < -0.4 is 5.32 Å². The largest absolute Gasteiger partial charge is 0.326 e. The number of carbonyl (C=O) groups excluding carboxylic acids is 1. The molecular weight excluding hydrogens is 362 g/mol. The second kappa shape index (κ2) is 6.87. The van der Waals surface area contributed by atoms with Crippen LogP contribution in [0.5, 0.6) is 0 Å². The molecule has 0 spiro atoms. The molecule has 2 saturated heterocycles. The molecular formula is C20H29N3O3S. The van der Waals surface area contributed by atoms with Gasteiger partial charge in [0.05, 0.1) is 4.90 Å². The van der Waals surface area contributed by atoms with Gasteiger partial charge < -0.3 is 5.32 Å². The van der Waals surface area contributed by atoms with E-state index in [2.05, 4.69) is 24.2 Å². The second-order valence-corrected chi connectivity index (χ2v) is 10.3. The molecule has 2 atom stereocenters. The van der Waals surface area contributed by atoms with Gasteiger partial charge in [-0.15, -0.1) is 0 Å². The normalized spacial score (nSPS) is 30.1. The molecule has 3 aliphatic heterocycles. The van der Waals surface area contributed by atoms with E-state index in [4.69, 9.17) is 0 Å². The van der Waals surface area contributed by atoms with Crippen molar-refractivity contribution >= 4 is 21.6 Å². The van der Waals surface area contributed by atoms with Crippen molar-refractivity contribution in [2.24, 2.45) is 0 Å². The number of nitrogens with one attached hydrogen (secondary N) is 1. The maximum atomic E-state index is 13.5. The number of anilines is 1. The van der Waals surface area contributed by atoms with Gasteiger partial charge in [-0.25, -0.2) is 8.42 Å². The zero-order chi connectivity index (χ0) is 19.2. The Kier molecular flexibility index (Phi) is 4.81. The molecule has 1 aromatic rings. The molecule has 7 heteroatoms. The molecule has 148 valence electrons. The van der Waals surface area contributed by atoms with Gasteiger partial charge in [0, 0.05) is 30.2 Å². The SMILES string of the molecule is CN1CCCCC[C@@H]2N(S(=O)(=O)c3ccc4c(c3)CCC(=O)N4)CC[C@@]21C. The summed E-state index contributed by atoms with van der Waals surface area (Å²) in [4.78, 5) is 14.3. The van der Waals surface area contributed by atoms with Crippen LogP contribution in [0.15, 0.2) is 23.1 Å². The highest BCUT2D eigenvalue weighted by Crippen LogP contribution is 2.41. The highest BCUT2D eigenvalue weighted by Gasteiger charge is 2.50. The van der Waals surface area contributed by atoms with Crippen molar-refractivity contribution in [3.05, 3.63) is 23.8 Å². The Labute approximate surface area is 162 Å². The Morgan fingerprint density at radius 2 is 1.96 bits per heavy atom. The zero-order valence-corrected chi connectivity index (χ0v) is 17.0. The van der Waals surface area contributed by atoms with Gasteiger partial charge in [-0.2, -0.15) is 4.31 Å². The molecule has 1 N–H and O–H groups in total. The Morgan fingerprint density at radius 3 is 2.78 bits per heavy atom. The molecule has 1 aromatic carbocycles. The minimum absolute atomic E-state index is 0.00836. The molecule has 0 bridgehead atoms. The van der Waals surface area contributed by atoms with Gasteiger partial charge >= 0.3 is 0 Å². The molecule has 3 heterocycles. The summed E-state index contributed by atoms with van der Waals surface area (Å²) < 4.78 is 28.8. The van der Waals surface area contributed by atoms with Crippen molar-refractivity contribution in [1.29, 1.82) is 0 Å². The minimum Gasteiger partial charge on any atom is -0.326 e. The van der Waals surface area contributed by atoms with E-state index in [-0.39, 0.29) is 17.5 Å². The lowest BCUT2D eigenvalue weighted by Crippen LogP contribution is -2.55. The summed E-state index contributed by atoms with van der Waals surface area (Å²) in [6.07, 6.45) is 6.21. The number of aryl methyl sites for hydroxylation is 1. The van der Waals surface area contributed by atoms with E-state index in [0.29, 0.717) is 24.3 Å². The van der Waals surface area contributed by atoms with Crippen molar-refractivity contribution < 1.29 is 13.2 Å². The first-order valence-corrected chi connectivity index (χ1v) is 11.4. The van der Waals surface area contributed by atoms with Gasteiger partial charge in [-0.1, -0.05) is 12.8 Å². The molecule has 6 nitrogen and oxygen atoms in total. The summed E-state index contributed by atoms with van der Waals surface area (Å²) in [6, 6.07) is 5.15. The van der Waals surface area contributed by atoms with Crippen molar-refractivity contribution in [2.75, 3.05) is 25.5 Å². The van der Waals surface area contributed by atoms with Crippen molar-refractivity contribution in [3.63, 3.8) is 0 Å². The number of hydrogen-bond acceptors (Lipinski definition) is 4. The molecule has 3 aliphatic rings.